The van der Waals surface area contributed by atoms with Crippen molar-refractivity contribution < 1.29 is 18.3 Å². The fourth-order valence-corrected chi connectivity index (χ4v) is 2.55. The molecule has 1 rings (SSSR count). The number of ether oxygens (including phenoxy) is 1. The van der Waals surface area contributed by atoms with Gasteiger partial charge in [-0.2, -0.15) is 8.78 Å². The van der Waals surface area contributed by atoms with Gasteiger partial charge in [0.25, 0.3) is 0 Å². The minimum atomic E-state index is -3.57. The first-order chi connectivity index (χ1) is 7.71. The normalized spacial score (nSPS) is 30.4. The molecule has 0 aromatic rings. The molecule has 17 heavy (non-hydrogen) atoms. The van der Waals surface area contributed by atoms with Crippen LogP contribution in [0.15, 0.2) is 0 Å². The minimum Gasteiger partial charge on any atom is -0.457 e. The van der Waals surface area contributed by atoms with Crippen molar-refractivity contribution in [1.82, 2.24) is 0 Å². The molecule has 5 heteroatoms. The zero-order valence-electron chi connectivity index (χ0n) is 10.4. The molecule has 3 atom stereocenters. The third kappa shape index (κ3) is 4.19. The Morgan fingerprint density at radius 2 is 2.00 bits per heavy atom. The summed E-state index contributed by atoms with van der Waals surface area (Å²) < 4.78 is 30.4. The summed E-state index contributed by atoms with van der Waals surface area (Å²) in [5.74, 6) is -0.525. The van der Waals surface area contributed by atoms with Gasteiger partial charge in [-0.15, -0.1) is 0 Å². The maximum Gasteiger partial charge on any atom is 0.396 e. The van der Waals surface area contributed by atoms with Gasteiger partial charge in [0.1, 0.15) is 6.10 Å². The lowest BCUT2D eigenvalue weighted by Crippen LogP contribution is -2.38. The van der Waals surface area contributed by atoms with Crippen LogP contribution in [0.5, 0.6) is 0 Å². The van der Waals surface area contributed by atoms with Gasteiger partial charge in [-0.1, -0.05) is 27.2 Å². The van der Waals surface area contributed by atoms with Crippen molar-refractivity contribution in [3.05, 3.63) is 0 Å². The Balaban J connectivity index is 2.67. The maximum atomic E-state index is 12.7. The second-order valence-electron chi connectivity index (χ2n) is 5.27. The van der Waals surface area contributed by atoms with Gasteiger partial charge < -0.3 is 4.74 Å². The number of esters is 1. The van der Waals surface area contributed by atoms with Crippen molar-refractivity contribution in [1.29, 1.82) is 0 Å². The first kappa shape index (κ1) is 14.9. The standard InChI is InChI=1S/C12H19BrF2O2/c1-7(2)9-5-4-8(3)6-10(9)17-11(16)12(13,14)15/h7-10H,4-6H2,1-3H3/t8-,9+,10-/m1/s1. The van der Waals surface area contributed by atoms with Gasteiger partial charge >= 0.3 is 10.8 Å². The van der Waals surface area contributed by atoms with E-state index in [-0.39, 0.29) is 12.0 Å². The molecule has 2 nitrogen and oxygen atoms in total. The van der Waals surface area contributed by atoms with Crippen LogP contribution in [0.1, 0.15) is 40.0 Å². The molecule has 0 bridgehead atoms. The summed E-state index contributed by atoms with van der Waals surface area (Å²) in [6.45, 7) is 6.13. The molecule has 0 radical (unpaired) electrons. The summed E-state index contributed by atoms with van der Waals surface area (Å²) in [7, 11) is 0. The quantitative estimate of drug-likeness (QED) is 0.582. The summed E-state index contributed by atoms with van der Waals surface area (Å²) in [5.41, 5.74) is 0. The van der Waals surface area contributed by atoms with Crippen molar-refractivity contribution in [3.8, 4) is 0 Å². The summed E-state index contributed by atoms with van der Waals surface area (Å²) in [4.78, 5) is 7.61. The number of rotatable bonds is 3. The molecule has 0 aromatic carbocycles. The smallest absolute Gasteiger partial charge is 0.396 e. The fraction of sp³-hybridized carbons (Fsp3) is 0.917. The second-order valence-corrected chi connectivity index (χ2v) is 6.26. The summed E-state index contributed by atoms with van der Waals surface area (Å²) in [5, 5.41) is 0. The molecule has 0 aliphatic heterocycles. The van der Waals surface area contributed by atoms with Gasteiger partial charge in [0.15, 0.2) is 0 Å². The average Bonchev–Trinajstić information content (AvgIpc) is 2.15. The topological polar surface area (TPSA) is 26.3 Å². The lowest BCUT2D eigenvalue weighted by molar-refractivity contribution is -0.171. The molecule has 100 valence electrons. The van der Waals surface area contributed by atoms with Crippen LogP contribution in [0.25, 0.3) is 0 Å². The zero-order valence-corrected chi connectivity index (χ0v) is 12.0. The number of alkyl halides is 3. The fourth-order valence-electron chi connectivity index (χ4n) is 2.45. The van der Waals surface area contributed by atoms with Gasteiger partial charge in [-0.05, 0) is 30.6 Å². The van der Waals surface area contributed by atoms with Crippen LogP contribution < -0.4 is 0 Å². The lowest BCUT2D eigenvalue weighted by atomic mass is 9.75. The van der Waals surface area contributed by atoms with E-state index in [1.165, 1.54) is 0 Å². The van der Waals surface area contributed by atoms with E-state index in [1.807, 2.05) is 29.8 Å². The number of hydrogen-bond acceptors (Lipinski definition) is 2. The van der Waals surface area contributed by atoms with E-state index in [0.717, 1.165) is 12.8 Å². The molecule has 0 N–H and O–H groups in total. The molecular weight excluding hydrogens is 294 g/mol. The Morgan fingerprint density at radius 3 is 2.47 bits per heavy atom. The van der Waals surface area contributed by atoms with Gasteiger partial charge in [-0.3, -0.25) is 0 Å². The van der Waals surface area contributed by atoms with Crippen molar-refractivity contribution in [2.45, 2.75) is 51.0 Å². The largest absolute Gasteiger partial charge is 0.457 e. The Hall–Kier alpha value is -0.190. The summed E-state index contributed by atoms with van der Waals surface area (Å²) in [6.07, 6.45) is 2.30. The molecule has 1 fully saturated rings. The number of halogens is 3. The summed E-state index contributed by atoms with van der Waals surface area (Å²) in [6, 6.07) is 0. The van der Waals surface area contributed by atoms with E-state index in [0.29, 0.717) is 18.3 Å². The van der Waals surface area contributed by atoms with E-state index in [1.54, 1.807) is 0 Å². The van der Waals surface area contributed by atoms with E-state index in [9.17, 15) is 13.6 Å². The van der Waals surface area contributed by atoms with Crippen LogP contribution >= 0.6 is 15.9 Å². The molecule has 0 aromatic heterocycles. The lowest BCUT2D eigenvalue weighted by Gasteiger charge is -2.36. The van der Waals surface area contributed by atoms with E-state index in [4.69, 9.17) is 4.74 Å². The van der Waals surface area contributed by atoms with Crippen LogP contribution in [0, 0.1) is 17.8 Å². The molecule has 0 unspecified atom stereocenters. The van der Waals surface area contributed by atoms with Crippen LogP contribution in [-0.4, -0.2) is 16.9 Å². The molecule has 0 spiro atoms. The monoisotopic (exact) mass is 312 g/mol. The van der Waals surface area contributed by atoms with Crippen molar-refractivity contribution in [2.24, 2.45) is 17.8 Å². The Labute approximate surface area is 109 Å². The minimum absolute atomic E-state index is 0.185. The van der Waals surface area contributed by atoms with Crippen LogP contribution in [-0.2, 0) is 9.53 Å². The highest BCUT2D eigenvalue weighted by Crippen LogP contribution is 2.36. The molecule has 0 amide bonds. The second kappa shape index (κ2) is 5.63. The number of carbonyl (C=O) groups is 1. The van der Waals surface area contributed by atoms with Crippen molar-refractivity contribution in [3.63, 3.8) is 0 Å². The van der Waals surface area contributed by atoms with E-state index >= 15 is 0 Å². The number of hydrogen-bond donors (Lipinski definition) is 0. The molecule has 0 saturated heterocycles. The zero-order chi connectivity index (χ0) is 13.2. The van der Waals surface area contributed by atoms with Crippen LogP contribution in [0.4, 0.5) is 8.78 Å². The Kier molecular flexibility index (Phi) is 4.93. The van der Waals surface area contributed by atoms with E-state index < -0.39 is 10.8 Å². The highest BCUT2D eigenvalue weighted by Gasteiger charge is 2.41. The van der Waals surface area contributed by atoms with Crippen LogP contribution in [0.2, 0.25) is 0 Å². The van der Waals surface area contributed by atoms with E-state index in [2.05, 4.69) is 6.92 Å². The molecule has 1 aliphatic rings. The third-order valence-corrected chi connectivity index (χ3v) is 3.77. The summed E-state index contributed by atoms with van der Waals surface area (Å²) >= 11 is 2.03. The number of carbonyl (C=O) groups excluding carboxylic acids is 1. The first-order valence-corrected chi connectivity index (χ1v) is 6.79. The third-order valence-electron chi connectivity index (χ3n) is 3.45. The molecule has 0 heterocycles. The van der Waals surface area contributed by atoms with Gasteiger partial charge in [0.05, 0.1) is 0 Å². The molecule has 1 aliphatic carbocycles. The van der Waals surface area contributed by atoms with Gasteiger partial charge in [0.2, 0.25) is 0 Å². The SMILES string of the molecule is CC(C)[C@@H]1CC[C@@H](C)C[C@H]1OC(=O)C(F)(F)Br. The Morgan fingerprint density at radius 1 is 1.41 bits per heavy atom. The molecule has 1 saturated carbocycles. The average molecular weight is 313 g/mol. The van der Waals surface area contributed by atoms with Crippen molar-refractivity contribution in [2.75, 3.05) is 0 Å². The van der Waals surface area contributed by atoms with Gasteiger partial charge in [0, 0.05) is 15.9 Å². The first-order valence-electron chi connectivity index (χ1n) is 5.99. The van der Waals surface area contributed by atoms with Crippen LogP contribution in [0.3, 0.4) is 0 Å². The molecular formula is C12H19BrF2O2. The van der Waals surface area contributed by atoms with Crippen molar-refractivity contribution >= 4 is 21.9 Å². The predicted molar refractivity (Wildman–Crippen MR) is 65.1 cm³/mol. The Bertz CT molecular complexity index is 276. The highest BCUT2D eigenvalue weighted by molar-refractivity contribution is 9.10. The predicted octanol–water partition coefficient (Wildman–Crippen LogP) is 3.98. The highest BCUT2D eigenvalue weighted by atomic mass is 79.9. The maximum absolute atomic E-state index is 12.7. The van der Waals surface area contributed by atoms with Gasteiger partial charge in [-0.25, -0.2) is 4.79 Å².